The highest BCUT2D eigenvalue weighted by Gasteiger charge is 2.16. The second-order valence-electron chi connectivity index (χ2n) is 5.89. The Bertz CT molecular complexity index is 1070. The van der Waals surface area contributed by atoms with Crippen molar-refractivity contribution in [3.8, 4) is 5.75 Å². The third-order valence-electron chi connectivity index (χ3n) is 4.10. The van der Waals surface area contributed by atoms with Crippen molar-refractivity contribution in [2.45, 2.75) is 32.9 Å². The van der Waals surface area contributed by atoms with Gasteiger partial charge in [-0.05, 0) is 18.6 Å². The van der Waals surface area contributed by atoms with E-state index in [0.29, 0.717) is 39.3 Å². The largest absolute Gasteiger partial charge is 0.486 e. The normalized spacial score (nSPS) is 11.2. The summed E-state index contributed by atoms with van der Waals surface area (Å²) in [7, 11) is 1.72. The van der Waals surface area contributed by atoms with Crippen LogP contribution >= 0.6 is 23.2 Å². The molecule has 0 spiro atoms. The number of fused-ring (bicyclic) bond motifs is 1. The van der Waals surface area contributed by atoms with Crippen molar-refractivity contribution in [3.63, 3.8) is 0 Å². The van der Waals surface area contributed by atoms with Crippen molar-refractivity contribution >= 4 is 34.4 Å². The molecule has 0 saturated carbocycles. The molecule has 3 aromatic rings. The highest BCUT2D eigenvalue weighted by Crippen LogP contribution is 2.26. The number of aryl methyl sites for hydroxylation is 2. The molecule has 0 atom stereocenters. The van der Waals surface area contributed by atoms with E-state index in [1.807, 2.05) is 6.92 Å². The molecule has 0 amide bonds. The number of hydrogen-bond acceptors (Lipinski definition) is 4. The van der Waals surface area contributed by atoms with E-state index >= 15 is 0 Å². The predicted molar refractivity (Wildman–Crippen MR) is 101 cm³/mol. The standard InChI is InChI=1S/C17H18Cl2N4O3/c1-3-4-7-23-15-14(16(24)21-17(23)25)22(2)13(20-15)9-26-10-5-6-11(18)12(19)8-10/h5-6,8H,3-4,7,9H2,1-2H3,(H,21,24,25). The van der Waals surface area contributed by atoms with E-state index in [-0.39, 0.29) is 6.61 Å². The molecule has 7 nitrogen and oxygen atoms in total. The number of benzene rings is 1. The first kappa shape index (κ1) is 18.5. The minimum atomic E-state index is -0.464. The van der Waals surface area contributed by atoms with Crippen LogP contribution in [0.15, 0.2) is 27.8 Å². The van der Waals surface area contributed by atoms with Gasteiger partial charge in [-0.2, -0.15) is 0 Å². The lowest BCUT2D eigenvalue weighted by atomic mass is 10.3. The predicted octanol–water partition coefficient (Wildman–Crippen LogP) is 3.11. The van der Waals surface area contributed by atoms with Crippen LogP contribution in [0.5, 0.6) is 5.75 Å². The number of hydrogen-bond donors (Lipinski definition) is 1. The summed E-state index contributed by atoms with van der Waals surface area (Å²) in [4.78, 5) is 31.2. The lowest BCUT2D eigenvalue weighted by Crippen LogP contribution is -2.31. The molecule has 1 aromatic carbocycles. The number of halogens is 2. The average Bonchev–Trinajstić information content (AvgIpc) is 2.93. The van der Waals surface area contributed by atoms with Crippen LogP contribution in [0.2, 0.25) is 10.0 Å². The third-order valence-corrected chi connectivity index (χ3v) is 4.84. The number of aromatic nitrogens is 4. The lowest BCUT2D eigenvalue weighted by molar-refractivity contribution is 0.292. The fraction of sp³-hybridized carbons (Fsp3) is 0.353. The number of nitrogens with one attached hydrogen (secondary N) is 1. The maximum atomic E-state index is 12.2. The summed E-state index contributed by atoms with van der Waals surface area (Å²) in [6, 6.07) is 4.94. The molecule has 0 aliphatic carbocycles. The van der Waals surface area contributed by atoms with E-state index < -0.39 is 11.2 Å². The lowest BCUT2D eigenvalue weighted by Gasteiger charge is -2.07. The molecule has 0 fully saturated rings. The molecule has 3 rings (SSSR count). The first-order valence-corrected chi connectivity index (χ1v) is 8.94. The summed E-state index contributed by atoms with van der Waals surface area (Å²) in [5.74, 6) is 1.05. The second-order valence-corrected chi connectivity index (χ2v) is 6.70. The fourth-order valence-electron chi connectivity index (χ4n) is 2.66. The van der Waals surface area contributed by atoms with E-state index in [4.69, 9.17) is 27.9 Å². The van der Waals surface area contributed by atoms with Crippen LogP contribution in [0, 0.1) is 0 Å². The van der Waals surface area contributed by atoms with Gasteiger partial charge in [-0.3, -0.25) is 14.3 Å². The molecular formula is C17H18Cl2N4O3. The van der Waals surface area contributed by atoms with E-state index in [1.165, 1.54) is 4.57 Å². The van der Waals surface area contributed by atoms with Gasteiger partial charge in [0.05, 0.1) is 10.0 Å². The number of nitrogens with zero attached hydrogens (tertiary/aromatic N) is 3. The molecule has 0 unspecified atom stereocenters. The van der Waals surface area contributed by atoms with Gasteiger partial charge in [0.15, 0.2) is 11.2 Å². The summed E-state index contributed by atoms with van der Waals surface area (Å²) < 4.78 is 8.82. The minimum absolute atomic E-state index is 0.116. The van der Waals surface area contributed by atoms with Gasteiger partial charge in [0.25, 0.3) is 5.56 Å². The van der Waals surface area contributed by atoms with Gasteiger partial charge in [0.2, 0.25) is 0 Å². The summed E-state index contributed by atoms with van der Waals surface area (Å²) in [6.45, 7) is 2.64. The Labute approximate surface area is 159 Å². The number of ether oxygens (including phenoxy) is 1. The molecule has 0 bridgehead atoms. The Hall–Kier alpha value is -2.25. The summed E-state index contributed by atoms with van der Waals surface area (Å²) in [5.41, 5.74) is -0.213. The molecule has 0 radical (unpaired) electrons. The Kier molecular flexibility index (Phi) is 5.38. The highest BCUT2D eigenvalue weighted by atomic mass is 35.5. The maximum Gasteiger partial charge on any atom is 0.330 e. The number of H-pyrrole nitrogens is 1. The van der Waals surface area contributed by atoms with Crippen molar-refractivity contribution in [2.75, 3.05) is 0 Å². The van der Waals surface area contributed by atoms with Gasteiger partial charge in [-0.25, -0.2) is 9.78 Å². The van der Waals surface area contributed by atoms with Crippen LogP contribution in [0.4, 0.5) is 0 Å². The fourth-order valence-corrected chi connectivity index (χ4v) is 2.95. The van der Waals surface area contributed by atoms with E-state index in [1.54, 1.807) is 29.8 Å². The quantitative estimate of drug-likeness (QED) is 0.693. The Morgan fingerprint density at radius 1 is 1.23 bits per heavy atom. The van der Waals surface area contributed by atoms with Crippen molar-refractivity contribution in [2.24, 2.45) is 7.05 Å². The monoisotopic (exact) mass is 396 g/mol. The van der Waals surface area contributed by atoms with E-state index in [0.717, 1.165) is 12.8 Å². The number of rotatable bonds is 6. The molecule has 26 heavy (non-hydrogen) atoms. The van der Waals surface area contributed by atoms with Gasteiger partial charge < -0.3 is 9.30 Å². The number of unbranched alkanes of at least 4 members (excludes halogenated alkanes) is 1. The zero-order valence-electron chi connectivity index (χ0n) is 14.4. The molecule has 2 heterocycles. The molecule has 1 N–H and O–H groups in total. The zero-order valence-corrected chi connectivity index (χ0v) is 15.9. The minimum Gasteiger partial charge on any atom is -0.486 e. The van der Waals surface area contributed by atoms with Crippen LogP contribution in [0.1, 0.15) is 25.6 Å². The third kappa shape index (κ3) is 3.50. The topological polar surface area (TPSA) is 81.9 Å². The summed E-state index contributed by atoms with van der Waals surface area (Å²) in [5, 5.41) is 0.826. The molecule has 0 aliphatic heterocycles. The zero-order chi connectivity index (χ0) is 18.8. The highest BCUT2D eigenvalue weighted by molar-refractivity contribution is 6.42. The molecular weight excluding hydrogens is 379 g/mol. The SMILES string of the molecule is CCCCn1c(=O)[nH]c(=O)c2c1nc(COc1ccc(Cl)c(Cl)c1)n2C. The van der Waals surface area contributed by atoms with Crippen molar-refractivity contribution in [1.29, 1.82) is 0 Å². The van der Waals surface area contributed by atoms with Crippen LogP contribution in [0.25, 0.3) is 11.2 Å². The first-order chi connectivity index (χ1) is 12.4. The number of imidazole rings is 1. The van der Waals surface area contributed by atoms with Crippen LogP contribution < -0.4 is 16.0 Å². The molecule has 0 saturated heterocycles. The second kappa shape index (κ2) is 7.55. The van der Waals surface area contributed by atoms with Crippen LogP contribution in [0.3, 0.4) is 0 Å². The van der Waals surface area contributed by atoms with Crippen molar-refractivity contribution in [1.82, 2.24) is 19.1 Å². The Morgan fingerprint density at radius 2 is 2.00 bits per heavy atom. The molecule has 2 aromatic heterocycles. The Morgan fingerprint density at radius 3 is 2.69 bits per heavy atom. The summed E-state index contributed by atoms with van der Waals surface area (Å²) >= 11 is 11.9. The van der Waals surface area contributed by atoms with Crippen LogP contribution in [-0.4, -0.2) is 19.1 Å². The van der Waals surface area contributed by atoms with Gasteiger partial charge in [0.1, 0.15) is 18.2 Å². The molecule has 0 aliphatic rings. The Balaban J connectivity index is 1.97. The van der Waals surface area contributed by atoms with Crippen molar-refractivity contribution < 1.29 is 4.74 Å². The van der Waals surface area contributed by atoms with Gasteiger partial charge in [-0.15, -0.1) is 0 Å². The van der Waals surface area contributed by atoms with Crippen LogP contribution in [-0.2, 0) is 20.2 Å². The smallest absolute Gasteiger partial charge is 0.330 e. The maximum absolute atomic E-state index is 12.2. The average molecular weight is 397 g/mol. The van der Waals surface area contributed by atoms with Crippen molar-refractivity contribution in [3.05, 3.63) is 54.9 Å². The van der Waals surface area contributed by atoms with Gasteiger partial charge in [0, 0.05) is 19.7 Å². The molecule has 138 valence electrons. The first-order valence-electron chi connectivity index (χ1n) is 8.18. The summed E-state index contributed by atoms with van der Waals surface area (Å²) in [6.07, 6.45) is 1.74. The van der Waals surface area contributed by atoms with E-state index in [2.05, 4.69) is 9.97 Å². The van der Waals surface area contributed by atoms with Gasteiger partial charge >= 0.3 is 5.69 Å². The van der Waals surface area contributed by atoms with E-state index in [9.17, 15) is 9.59 Å². The number of aromatic amines is 1. The van der Waals surface area contributed by atoms with Gasteiger partial charge in [-0.1, -0.05) is 36.5 Å². The molecule has 9 heteroatoms.